The maximum absolute atomic E-state index is 4.68. The number of rotatable bonds is 0. The zero-order valence-electron chi connectivity index (χ0n) is 9.82. The molecule has 1 aromatic rings. The standard InChI is InChI=1S/C14H18N2/c1-16-9-7-14(11-16)6-8-15-13-5-3-2-4-12(13)10-14/h2-5,10H,6-9,11H2,1H3. The van der Waals surface area contributed by atoms with Gasteiger partial charge in [0.1, 0.15) is 0 Å². The van der Waals surface area contributed by atoms with Gasteiger partial charge in [0.05, 0.1) is 5.36 Å². The normalized spacial score (nSPS) is 29.3. The van der Waals surface area contributed by atoms with Crippen LogP contribution in [0.25, 0.3) is 6.08 Å². The van der Waals surface area contributed by atoms with Crippen molar-refractivity contribution in [3.8, 4) is 0 Å². The maximum atomic E-state index is 4.68. The minimum Gasteiger partial charge on any atom is -0.305 e. The van der Waals surface area contributed by atoms with Crippen molar-refractivity contribution < 1.29 is 0 Å². The number of hydrogen-bond acceptors (Lipinski definition) is 2. The fraction of sp³-hybridized carbons (Fsp3) is 0.500. The van der Waals surface area contributed by atoms with Crippen LogP contribution in [-0.2, 0) is 0 Å². The Morgan fingerprint density at radius 1 is 1.25 bits per heavy atom. The average molecular weight is 214 g/mol. The van der Waals surface area contributed by atoms with E-state index in [1.807, 2.05) is 0 Å². The summed E-state index contributed by atoms with van der Waals surface area (Å²) < 4.78 is 0. The Bertz CT molecular complexity index is 506. The van der Waals surface area contributed by atoms with Crippen LogP contribution in [-0.4, -0.2) is 31.6 Å². The van der Waals surface area contributed by atoms with E-state index in [0.717, 1.165) is 6.54 Å². The van der Waals surface area contributed by atoms with Gasteiger partial charge in [-0.25, -0.2) is 0 Å². The van der Waals surface area contributed by atoms with Crippen molar-refractivity contribution in [3.63, 3.8) is 0 Å². The molecule has 0 N–H and O–H groups in total. The van der Waals surface area contributed by atoms with E-state index < -0.39 is 0 Å². The quantitative estimate of drug-likeness (QED) is 0.624. The van der Waals surface area contributed by atoms with Crippen LogP contribution in [0.2, 0.25) is 0 Å². The second kappa shape index (κ2) is 3.70. The summed E-state index contributed by atoms with van der Waals surface area (Å²) in [6.07, 6.45) is 4.96. The molecular formula is C14H18N2. The summed E-state index contributed by atoms with van der Waals surface area (Å²) in [7, 11) is 2.22. The summed E-state index contributed by atoms with van der Waals surface area (Å²) in [4.78, 5) is 7.12. The van der Waals surface area contributed by atoms with Crippen molar-refractivity contribution in [2.24, 2.45) is 10.4 Å². The van der Waals surface area contributed by atoms with Crippen LogP contribution in [0.4, 0.5) is 0 Å². The molecule has 16 heavy (non-hydrogen) atoms. The van der Waals surface area contributed by atoms with Crippen LogP contribution >= 0.6 is 0 Å². The molecule has 2 nitrogen and oxygen atoms in total. The van der Waals surface area contributed by atoms with Gasteiger partial charge < -0.3 is 4.90 Å². The van der Waals surface area contributed by atoms with Crippen LogP contribution in [0.1, 0.15) is 12.8 Å². The molecule has 0 aliphatic carbocycles. The fourth-order valence-electron chi connectivity index (χ4n) is 2.99. The van der Waals surface area contributed by atoms with E-state index in [9.17, 15) is 0 Å². The first-order chi connectivity index (χ1) is 7.77. The van der Waals surface area contributed by atoms with Gasteiger partial charge in [0.25, 0.3) is 0 Å². The summed E-state index contributed by atoms with van der Waals surface area (Å²) in [5.41, 5.74) is 0.380. The third-order valence-electron chi connectivity index (χ3n) is 3.87. The first-order valence-electron chi connectivity index (χ1n) is 6.08. The van der Waals surface area contributed by atoms with Gasteiger partial charge in [-0.2, -0.15) is 0 Å². The summed E-state index contributed by atoms with van der Waals surface area (Å²) in [5.74, 6) is 0. The highest BCUT2D eigenvalue weighted by Gasteiger charge is 2.34. The molecular weight excluding hydrogens is 196 g/mol. The Kier molecular flexibility index (Phi) is 2.32. The van der Waals surface area contributed by atoms with E-state index in [4.69, 9.17) is 0 Å². The van der Waals surface area contributed by atoms with Crippen molar-refractivity contribution >= 4 is 6.08 Å². The molecule has 2 aliphatic heterocycles. The van der Waals surface area contributed by atoms with Gasteiger partial charge in [-0.15, -0.1) is 0 Å². The minimum absolute atomic E-state index is 0.380. The van der Waals surface area contributed by atoms with E-state index in [1.165, 1.54) is 36.5 Å². The van der Waals surface area contributed by atoms with Crippen molar-refractivity contribution in [2.75, 3.05) is 26.7 Å². The predicted octanol–water partition coefficient (Wildman–Crippen LogP) is 0.812. The topological polar surface area (TPSA) is 15.6 Å². The first kappa shape index (κ1) is 10.0. The van der Waals surface area contributed by atoms with E-state index >= 15 is 0 Å². The van der Waals surface area contributed by atoms with Crippen LogP contribution in [0, 0.1) is 5.41 Å². The molecule has 2 aliphatic rings. The van der Waals surface area contributed by atoms with Gasteiger partial charge in [0.2, 0.25) is 0 Å². The van der Waals surface area contributed by atoms with Crippen molar-refractivity contribution in [3.05, 3.63) is 34.8 Å². The number of nitrogens with zero attached hydrogens (tertiary/aromatic N) is 2. The van der Waals surface area contributed by atoms with Crippen LogP contribution in [0.15, 0.2) is 29.3 Å². The molecule has 1 aromatic carbocycles. The van der Waals surface area contributed by atoms with Gasteiger partial charge in [-0.05, 0) is 37.7 Å². The first-order valence-corrected chi connectivity index (χ1v) is 6.08. The highest BCUT2D eigenvalue weighted by Crippen LogP contribution is 2.35. The Balaban J connectivity index is 2.12. The van der Waals surface area contributed by atoms with Gasteiger partial charge in [-0.3, -0.25) is 4.99 Å². The predicted molar refractivity (Wildman–Crippen MR) is 65.7 cm³/mol. The Morgan fingerprint density at radius 2 is 2.12 bits per heavy atom. The van der Waals surface area contributed by atoms with Crippen molar-refractivity contribution in [2.45, 2.75) is 12.8 Å². The number of hydrogen-bond donors (Lipinski definition) is 0. The van der Waals surface area contributed by atoms with Gasteiger partial charge in [0, 0.05) is 18.5 Å². The molecule has 84 valence electrons. The van der Waals surface area contributed by atoms with Crippen LogP contribution in [0.3, 0.4) is 0 Å². The lowest BCUT2D eigenvalue weighted by atomic mass is 9.83. The Hall–Kier alpha value is -1.15. The van der Waals surface area contributed by atoms with E-state index in [1.54, 1.807) is 0 Å². The highest BCUT2D eigenvalue weighted by molar-refractivity contribution is 5.35. The molecule has 1 saturated heterocycles. The summed E-state index contributed by atoms with van der Waals surface area (Å²) in [5, 5.41) is 2.50. The molecule has 3 rings (SSSR count). The Morgan fingerprint density at radius 3 is 2.94 bits per heavy atom. The van der Waals surface area contributed by atoms with E-state index in [2.05, 4.69) is 47.3 Å². The smallest absolute Gasteiger partial charge is 0.0643 e. The largest absolute Gasteiger partial charge is 0.305 e. The number of benzene rings is 1. The Labute approximate surface area is 96.3 Å². The summed E-state index contributed by atoms with van der Waals surface area (Å²) in [6, 6.07) is 8.52. The molecule has 2 heterocycles. The molecule has 1 unspecified atom stereocenters. The van der Waals surface area contributed by atoms with Gasteiger partial charge in [0.15, 0.2) is 0 Å². The zero-order chi connectivity index (χ0) is 11.0. The van der Waals surface area contributed by atoms with Crippen LogP contribution < -0.4 is 10.6 Å². The molecule has 2 heteroatoms. The van der Waals surface area contributed by atoms with Crippen molar-refractivity contribution in [1.82, 2.24) is 4.90 Å². The van der Waals surface area contributed by atoms with E-state index in [-0.39, 0.29) is 0 Å². The molecule has 1 spiro atoms. The van der Waals surface area contributed by atoms with Gasteiger partial charge in [-0.1, -0.05) is 24.3 Å². The number of likely N-dealkylation sites (tertiary alicyclic amines) is 1. The zero-order valence-corrected chi connectivity index (χ0v) is 9.82. The lowest BCUT2D eigenvalue weighted by molar-refractivity contribution is 0.349. The molecule has 1 fully saturated rings. The van der Waals surface area contributed by atoms with E-state index in [0.29, 0.717) is 5.41 Å². The second-order valence-electron chi connectivity index (χ2n) is 5.19. The minimum atomic E-state index is 0.380. The summed E-state index contributed by atoms with van der Waals surface area (Å²) >= 11 is 0. The lowest BCUT2D eigenvalue weighted by Crippen LogP contribution is -2.28. The van der Waals surface area contributed by atoms with Gasteiger partial charge >= 0.3 is 0 Å². The third kappa shape index (κ3) is 1.67. The molecule has 0 amide bonds. The lowest BCUT2D eigenvalue weighted by Gasteiger charge is -2.23. The third-order valence-corrected chi connectivity index (χ3v) is 3.87. The number of fused-ring (bicyclic) bond motifs is 1. The second-order valence-corrected chi connectivity index (χ2v) is 5.19. The SMILES string of the molecule is CN1CCC2(C=c3ccccc3=NCC2)C1. The maximum Gasteiger partial charge on any atom is 0.0643 e. The molecule has 0 saturated carbocycles. The average Bonchev–Trinajstić information content (AvgIpc) is 2.54. The molecule has 0 radical (unpaired) electrons. The van der Waals surface area contributed by atoms with Crippen molar-refractivity contribution in [1.29, 1.82) is 0 Å². The molecule has 0 bridgehead atoms. The summed E-state index contributed by atoms with van der Waals surface area (Å²) in [6.45, 7) is 3.39. The molecule has 0 aromatic heterocycles. The number of para-hydroxylation sites is 1. The highest BCUT2D eigenvalue weighted by atomic mass is 15.1. The fourth-order valence-corrected chi connectivity index (χ4v) is 2.99. The van der Waals surface area contributed by atoms with Crippen LogP contribution in [0.5, 0.6) is 0 Å². The molecule has 1 atom stereocenters. The monoisotopic (exact) mass is 214 g/mol.